The lowest BCUT2D eigenvalue weighted by Gasteiger charge is -2.15. The number of carbonyl (C=O) groups excluding carboxylic acids is 3. The molecule has 1 atom stereocenters. The van der Waals surface area contributed by atoms with Gasteiger partial charge in [0.15, 0.2) is 6.10 Å². The van der Waals surface area contributed by atoms with Crippen LogP contribution >= 0.6 is 0 Å². The highest BCUT2D eigenvalue weighted by Crippen LogP contribution is 2.18. The molecule has 0 fully saturated rings. The van der Waals surface area contributed by atoms with Crippen molar-refractivity contribution in [2.24, 2.45) is 0 Å². The number of aryl methyl sites for hydroxylation is 3. The van der Waals surface area contributed by atoms with E-state index in [1.807, 2.05) is 19.9 Å². The minimum Gasteiger partial charge on any atom is -0.453 e. The first-order chi connectivity index (χ1) is 13.1. The van der Waals surface area contributed by atoms with Crippen LogP contribution in [0.4, 0.5) is 8.78 Å². The third kappa shape index (κ3) is 5.00. The number of hydrogen-bond acceptors (Lipinski definition) is 4. The molecule has 0 aliphatic rings. The van der Waals surface area contributed by atoms with E-state index < -0.39 is 41.7 Å². The first kappa shape index (κ1) is 21.2. The van der Waals surface area contributed by atoms with Crippen molar-refractivity contribution in [2.45, 2.75) is 33.8 Å². The predicted octanol–water partition coefficient (Wildman–Crippen LogP) is 3.43. The van der Waals surface area contributed by atoms with Crippen molar-refractivity contribution in [1.82, 2.24) is 5.32 Å². The van der Waals surface area contributed by atoms with E-state index in [4.69, 9.17) is 4.74 Å². The highest BCUT2D eigenvalue weighted by molar-refractivity contribution is 6.02. The van der Waals surface area contributed by atoms with E-state index in [9.17, 15) is 23.2 Å². The van der Waals surface area contributed by atoms with E-state index in [0.29, 0.717) is 11.6 Å². The molecular weight excluding hydrogens is 368 g/mol. The van der Waals surface area contributed by atoms with Crippen molar-refractivity contribution in [3.63, 3.8) is 0 Å². The first-order valence-corrected chi connectivity index (χ1v) is 8.65. The summed E-state index contributed by atoms with van der Waals surface area (Å²) in [5, 5.41) is 2.18. The lowest BCUT2D eigenvalue weighted by atomic mass is 9.96. The SMILES string of the molecule is Cc1cc(C)c(C(=O)C(C)OC(=O)CNC(=O)c2ccc(F)cc2F)cc1C. The lowest BCUT2D eigenvalue weighted by molar-refractivity contribution is -0.145. The molecule has 1 N–H and O–H groups in total. The number of benzene rings is 2. The van der Waals surface area contributed by atoms with Gasteiger partial charge in [-0.2, -0.15) is 0 Å². The molecule has 0 bridgehead atoms. The van der Waals surface area contributed by atoms with Crippen LogP contribution in [0.2, 0.25) is 0 Å². The van der Waals surface area contributed by atoms with Gasteiger partial charge in [-0.05, 0) is 62.6 Å². The van der Waals surface area contributed by atoms with Crippen LogP contribution in [0, 0.1) is 32.4 Å². The largest absolute Gasteiger partial charge is 0.453 e. The number of nitrogens with one attached hydrogen (secondary N) is 1. The number of rotatable bonds is 6. The fourth-order valence-electron chi connectivity index (χ4n) is 2.66. The number of amides is 1. The van der Waals surface area contributed by atoms with E-state index in [1.165, 1.54) is 6.92 Å². The number of esters is 1. The topological polar surface area (TPSA) is 72.5 Å². The quantitative estimate of drug-likeness (QED) is 0.607. The van der Waals surface area contributed by atoms with Gasteiger partial charge in [0.2, 0.25) is 5.78 Å². The van der Waals surface area contributed by atoms with Gasteiger partial charge in [0.05, 0.1) is 5.56 Å². The Balaban J connectivity index is 1.96. The van der Waals surface area contributed by atoms with Crippen molar-refractivity contribution in [1.29, 1.82) is 0 Å². The molecule has 2 aromatic rings. The Morgan fingerprint density at radius 2 is 1.61 bits per heavy atom. The smallest absolute Gasteiger partial charge is 0.326 e. The standard InChI is InChI=1S/C21H21F2NO4/c1-11-7-13(3)17(8-12(11)2)20(26)14(4)28-19(25)10-24-21(27)16-6-5-15(22)9-18(16)23/h5-9,14H,10H2,1-4H3,(H,24,27). The number of Topliss-reactive ketones (excluding diaryl/α,β-unsaturated/α-hetero) is 1. The van der Waals surface area contributed by atoms with Gasteiger partial charge < -0.3 is 10.1 Å². The Hall–Kier alpha value is -3.09. The molecule has 0 saturated heterocycles. The third-order valence-electron chi connectivity index (χ3n) is 4.35. The summed E-state index contributed by atoms with van der Waals surface area (Å²) in [6.45, 7) is 6.50. The van der Waals surface area contributed by atoms with E-state index in [0.717, 1.165) is 28.8 Å². The molecule has 2 aromatic carbocycles. The molecule has 0 aromatic heterocycles. The Morgan fingerprint density at radius 3 is 2.25 bits per heavy atom. The van der Waals surface area contributed by atoms with Crippen molar-refractivity contribution >= 4 is 17.7 Å². The Labute approximate surface area is 161 Å². The van der Waals surface area contributed by atoms with E-state index in [2.05, 4.69) is 5.32 Å². The molecule has 1 amide bonds. The molecule has 1 unspecified atom stereocenters. The summed E-state index contributed by atoms with van der Waals surface area (Å²) in [6, 6.07) is 6.10. The fraction of sp³-hybridized carbons (Fsp3) is 0.286. The monoisotopic (exact) mass is 389 g/mol. The van der Waals surface area contributed by atoms with Crippen LogP contribution in [0.3, 0.4) is 0 Å². The highest BCUT2D eigenvalue weighted by Gasteiger charge is 2.22. The maximum absolute atomic E-state index is 13.6. The molecule has 0 aliphatic carbocycles. The zero-order valence-electron chi connectivity index (χ0n) is 16.1. The number of ether oxygens (including phenoxy) is 1. The van der Waals surface area contributed by atoms with Crippen LogP contribution in [0.15, 0.2) is 30.3 Å². The van der Waals surface area contributed by atoms with Crippen molar-refractivity contribution in [2.75, 3.05) is 6.54 Å². The second-order valence-corrected chi connectivity index (χ2v) is 6.55. The number of carbonyl (C=O) groups is 3. The summed E-state index contributed by atoms with van der Waals surface area (Å²) in [5.41, 5.74) is 2.83. The summed E-state index contributed by atoms with van der Waals surface area (Å²) in [7, 11) is 0. The molecule has 2 rings (SSSR count). The second-order valence-electron chi connectivity index (χ2n) is 6.55. The molecule has 0 spiro atoms. The van der Waals surface area contributed by atoms with Gasteiger partial charge in [-0.3, -0.25) is 14.4 Å². The molecule has 0 radical (unpaired) electrons. The Kier molecular flexibility index (Phi) is 6.62. The normalized spacial score (nSPS) is 11.6. The molecule has 0 heterocycles. The Bertz CT molecular complexity index is 940. The molecule has 7 heteroatoms. The van der Waals surface area contributed by atoms with Crippen LogP contribution in [0.1, 0.15) is 44.3 Å². The van der Waals surface area contributed by atoms with Gasteiger partial charge in [-0.1, -0.05) is 6.07 Å². The highest BCUT2D eigenvalue weighted by atomic mass is 19.1. The van der Waals surface area contributed by atoms with Crippen LogP contribution in [-0.4, -0.2) is 30.3 Å². The minimum absolute atomic E-state index is 0.357. The van der Waals surface area contributed by atoms with Crippen molar-refractivity contribution in [3.05, 3.63) is 69.8 Å². The third-order valence-corrected chi connectivity index (χ3v) is 4.35. The Morgan fingerprint density at radius 1 is 0.964 bits per heavy atom. The number of halogens is 2. The van der Waals surface area contributed by atoms with Gasteiger partial charge in [0, 0.05) is 11.6 Å². The maximum atomic E-state index is 13.6. The maximum Gasteiger partial charge on any atom is 0.326 e. The van der Waals surface area contributed by atoms with Gasteiger partial charge in [-0.15, -0.1) is 0 Å². The van der Waals surface area contributed by atoms with E-state index in [1.54, 1.807) is 13.0 Å². The fourth-order valence-corrected chi connectivity index (χ4v) is 2.66. The summed E-state index contributed by atoms with van der Waals surface area (Å²) in [5.74, 6) is -3.96. The van der Waals surface area contributed by atoms with Crippen LogP contribution < -0.4 is 5.32 Å². The summed E-state index contributed by atoms with van der Waals surface area (Å²) < 4.78 is 31.5. The first-order valence-electron chi connectivity index (χ1n) is 8.65. The number of hydrogen-bond donors (Lipinski definition) is 1. The van der Waals surface area contributed by atoms with E-state index in [-0.39, 0.29) is 5.78 Å². The average Bonchev–Trinajstić information content (AvgIpc) is 2.62. The average molecular weight is 389 g/mol. The molecular formula is C21H21F2NO4. The van der Waals surface area contributed by atoms with Crippen LogP contribution in [0.5, 0.6) is 0 Å². The molecule has 0 saturated carbocycles. The van der Waals surface area contributed by atoms with Crippen molar-refractivity contribution < 1.29 is 27.9 Å². The predicted molar refractivity (Wildman–Crippen MR) is 99.2 cm³/mol. The molecule has 148 valence electrons. The van der Waals surface area contributed by atoms with Gasteiger partial charge in [0.1, 0.15) is 18.2 Å². The van der Waals surface area contributed by atoms with Gasteiger partial charge in [-0.25, -0.2) is 8.78 Å². The summed E-state index contributed by atoms with van der Waals surface area (Å²) >= 11 is 0. The van der Waals surface area contributed by atoms with Gasteiger partial charge >= 0.3 is 5.97 Å². The van der Waals surface area contributed by atoms with Gasteiger partial charge in [0.25, 0.3) is 5.91 Å². The van der Waals surface area contributed by atoms with Crippen molar-refractivity contribution in [3.8, 4) is 0 Å². The molecule has 0 aliphatic heterocycles. The van der Waals surface area contributed by atoms with E-state index >= 15 is 0 Å². The zero-order chi connectivity index (χ0) is 21.0. The summed E-state index contributed by atoms with van der Waals surface area (Å²) in [6.07, 6.45) is -1.05. The second kappa shape index (κ2) is 8.73. The number of ketones is 1. The van der Waals surface area contributed by atoms with Crippen LogP contribution in [-0.2, 0) is 9.53 Å². The molecule has 5 nitrogen and oxygen atoms in total. The van der Waals surface area contributed by atoms with Crippen LogP contribution in [0.25, 0.3) is 0 Å². The minimum atomic E-state index is -1.05. The molecule has 28 heavy (non-hydrogen) atoms. The lowest BCUT2D eigenvalue weighted by Crippen LogP contribution is -2.34. The zero-order valence-corrected chi connectivity index (χ0v) is 16.1. The summed E-state index contributed by atoms with van der Waals surface area (Å²) in [4.78, 5) is 36.4.